The minimum atomic E-state index is -0.0577. The van der Waals surface area contributed by atoms with Crippen LogP contribution in [0.15, 0.2) is 29.6 Å². The number of benzene rings is 1. The molecule has 1 amide bonds. The van der Waals surface area contributed by atoms with E-state index in [0.29, 0.717) is 18.2 Å². The first-order valence-corrected chi connectivity index (χ1v) is 9.48. The average Bonchev–Trinajstić information content (AvgIpc) is 3.03. The molecule has 2 aromatic rings. The van der Waals surface area contributed by atoms with Crippen molar-refractivity contribution in [1.29, 1.82) is 0 Å². The SMILES string of the molecule is CC(C)(C)c1ccc(-c2csc(NC(=O)CC3CNCCO3)n2)cc1.Cl. The highest BCUT2D eigenvalue weighted by atomic mass is 35.5. The van der Waals surface area contributed by atoms with Crippen molar-refractivity contribution < 1.29 is 9.53 Å². The Labute approximate surface area is 165 Å². The monoisotopic (exact) mass is 395 g/mol. The summed E-state index contributed by atoms with van der Waals surface area (Å²) in [5.74, 6) is -0.0577. The van der Waals surface area contributed by atoms with Crippen LogP contribution in [-0.2, 0) is 14.9 Å². The molecule has 1 aromatic heterocycles. The number of nitrogens with one attached hydrogen (secondary N) is 2. The molecule has 26 heavy (non-hydrogen) atoms. The van der Waals surface area contributed by atoms with E-state index in [1.165, 1.54) is 16.9 Å². The van der Waals surface area contributed by atoms with Gasteiger partial charge in [0.25, 0.3) is 0 Å². The van der Waals surface area contributed by atoms with Crippen LogP contribution in [0.2, 0.25) is 0 Å². The highest BCUT2D eigenvalue weighted by Gasteiger charge is 2.18. The summed E-state index contributed by atoms with van der Waals surface area (Å²) in [7, 11) is 0. The number of anilines is 1. The van der Waals surface area contributed by atoms with Crippen LogP contribution in [0.5, 0.6) is 0 Å². The lowest BCUT2D eigenvalue weighted by Gasteiger charge is -2.22. The van der Waals surface area contributed by atoms with Crippen LogP contribution in [0.1, 0.15) is 32.8 Å². The van der Waals surface area contributed by atoms with Crippen LogP contribution in [0, 0.1) is 0 Å². The molecule has 0 bridgehead atoms. The van der Waals surface area contributed by atoms with E-state index in [-0.39, 0.29) is 29.8 Å². The molecule has 2 heterocycles. The second-order valence-corrected chi connectivity index (χ2v) is 8.17. The standard InChI is InChI=1S/C19H25N3O2S.ClH/c1-19(2,3)14-6-4-13(5-7-14)16-12-25-18(21-16)22-17(23)10-15-11-20-8-9-24-15;/h4-7,12,15,20H,8-11H2,1-3H3,(H,21,22,23);1H. The van der Waals surface area contributed by atoms with Crippen molar-refractivity contribution in [2.75, 3.05) is 25.0 Å². The molecule has 142 valence electrons. The molecule has 1 fully saturated rings. The summed E-state index contributed by atoms with van der Waals surface area (Å²) in [6, 6.07) is 8.45. The Kier molecular flexibility index (Phi) is 7.17. The van der Waals surface area contributed by atoms with Gasteiger partial charge in [0, 0.05) is 24.0 Å². The predicted octanol–water partition coefficient (Wildman–Crippen LogP) is 3.85. The largest absolute Gasteiger partial charge is 0.375 e. The second kappa shape index (κ2) is 8.95. The van der Waals surface area contributed by atoms with Gasteiger partial charge in [0.05, 0.1) is 24.8 Å². The molecule has 7 heteroatoms. The van der Waals surface area contributed by atoms with Gasteiger partial charge in [-0.15, -0.1) is 23.7 Å². The molecule has 1 saturated heterocycles. The van der Waals surface area contributed by atoms with Gasteiger partial charge in [-0.05, 0) is 11.0 Å². The van der Waals surface area contributed by atoms with Gasteiger partial charge in [-0.3, -0.25) is 4.79 Å². The van der Waals surface area contributed by atoms with Crippen molar-refractivity contribution in [3.63, 3.8) is 0 Å². The number of thiazole rings is 1. The third-order valence-corrected chi connectivity index (χ3v) is 4.97. The molecular weight excluding hydrogens is 370 g/mol. The van der Waals surface area contributed by atoms with Crippen molar-refractivity contribution >= 4 is 34.8 Å². The van der Waals surface area contributed by atoms with Crippen LogP contribution in [0.4, 0.5) is 5.13 Å². The number of ether oxygens (including phenoxy) is 1. The molecule has 1 aliphatic heterocycles. The summed E-state index contributed by atoms with van der Waals surface area (Å²) in [5.41, 5.74) is 3.37. The summed E-state index contributed by atoms with van der Waals surface area (Å²) in [6.07, 6.45) is 0.292. The van der Waals surface area contributed by atoms with E-state index in [1.807, 2.05) is 5.38 Å². The summed E-state index contributed by atoms with van der Waals surface area (Å²) in [4.78, 5) is 16.7. The van der Waals surface area contributed by atoms with Crippen molar-refractivity contribution in [2.45, 2.75) is 38.7 Å². The van der Waals surface area contributed by atoms with E-state index in [2.05, 4.69) is 60.7 Å². The van der Waals surface area contributed by atoms with Gasteiger partial charge in [0.2, 0.25) is 5.91 Å². The topological polar surface area (TPSA) is 63.2 Å². The van der Waals surface area contributed by atoms with E-state index in [0.717, 1.165) is 24.3 Å². The minimum Gasteiger partial charge on any atom is -0.375 e. The average molecular weight is 396 g/mol. The molecule has 3 rings (SSSR count). The zero-order valence-electron chi connectivity index (χ0n) is 15.4. The lowest BCUT2D eigenvalue weighted by Crippen LogP contribution is -2.40. The third-order valence-electron chi connectivity index (χ3n) is 4.21. The Bertz CT molecular complexity index is 719. The Morgan fingerprint density at radius 3 is 2.69 bits per heavy atom. The van der Waals surface area contributed by atoms with E-state index in [1.54, 1.807) is 0 Å². The number of hydrogen-bond donors (Lipinski definition) is 2. The van der Waals surface area contributed by atoms with E-state index in [9.17, 15) is 4.79 Å². The summed E-state index contributed by atoms with van der Waals surface area (Å²) < 4.78 is 5.56. The van der Waals surface area contributed by atoms with Crippen molar-refractivity contribution in [1.82, 2.24) is 10.3 Å². The first-order valence-electron chi connectivity index (χ1n) is 8.60. The number of aromatic nitrogens is 1. The second-order valence-electron chi connectivity index (χ2n) is 7.31. The van der Waals surface area contributed by atoms with E-state index < -0.39 is 0 Å². The van der Waals surface area contributed by atoms with Gasteiger partial charge in [0.1, 0.15) is 0 Å². The molecule has 1 unspecified atom stereocenters. The first-order chi connectivity index (χ1) is 11.9. The van der Waals surface area contributed by atoms with Crippen LogP contribution in [0.25, 0.3) is 11.3 Å². The molecule has 1 aromatic carbocycles. The number of morpholine rings is 1. The Morgan fingerprint density at radius 2 is 2.08 bits per heavy atom. The number of carbonyl (C=O) groups excluding carboxylic acids is 1. The number of hydrogen-bond acceptors (Lipinski definition) is 5. The number of amides is 1. The van der Waals surface area contributed by atoms with Gasteiger partial charge in [0.15, 0.2) is 5.13 Å². The van der Waals surface area contributed by atoms with Gasteiger partial charge < -0.3 is 15.4 Å². The lowest BCUT2D eigenvalue weighted by atomic mass is 9.86. The highest BCUT2D eigenvalue weighted by Crippen LogP contribution is 2.28. The molecule has 2 N–H and O–H groups in total. The molecule has 1 atom stereocenters. The number of rotatable bonds is 4. The maximum absolute atomic E-state index is 12.1. The zero-order chi connectivity index (χ0) is 17.9. The maximum Gasteiger partial charge on any atom is 0.228 e. The third kappa shape index (κ3) is 5.51. The fraction of sp³-hybridized carbons (Fsp3) is 0.474. The minimum absolute atomic E-state index is 0. The van der Waals surface area contributed by atoms with E-state index in [4.69, 9.17) is 4.74 Å². The molecular formula is C19H26ClN3O2S. The lowest BCUT2D eigenvalue weighted by molar-refractivity contribution is -0.119. The summed E-state index contributed by atoms with van der Waals surface area (Å²) in [5, 5.41) is 8.70. The van der Waals surface area contributed by atoms with E-state index >= 15 is 0 Å². The molecule has 0 radical (unpaired) electrons. The van der Waals surface area contributed by atoms with Crippen molar-refractivity contribution in [3.05, 3.63) is 35.2 Å². The fourth-order valence-corrected chi connectivity index (χ4v) is 3.47. The quantitative estimate of drug-likeness (QED) is 0.825. The molecule has 5 nitrogen and oxygen atoms in total. The molecule has 0 aliphatic carbocycles. The van der Waals surface area contributed by atoms with Crippen LogP contribution in [-0.4, -0.2) is 36.7 Å². The number of carbonyl (C=O) groups is 1. The first kappa shape index (κ1) is 20.8. The maximum atomic E-state index is 12.1. The van der Waals surface area contributed by atoms with Crippen LogP contribution in [0.3, 0.4) is 0 Å². The summed E-state index contributed by atoms with van der Waals surface area (Å²) >= 11 is 1.44. The van der Waals surface area contributed by atoms with Crippen molar-refractivity contribution in [2.24, 2.45) is 0 Å². The van der Waals surface area contributed by atoms with Crippen LogP contribution < -0.4 is 10.6 Å². The number of nitrogens with zero attached hydrogens (tertiary/aromatic N) is 1. The van der Waals surface area contributed by atoms with Crippen LogP contribution >= 0.6 is 23.7 Å². The van der Waals surface area contributed by atoms with Gasteiger partial charge in [-0.25, -0.2) is 4.98 Å². The Balaban J connectivity index is 0.00000243. The molecule has 0 spiro atoms. The smallest absolute Gasteiger partial charge is 0.228 e. The fourth-order valence-electron chi connectivity index (χ4n) is 2.73. The Morgan fingerprint density at radius 1 is 1.35 bits per heavy atom. The van der Waals surface area contributed by atoms with Gasteiger partial charge in [-0.2, -0.15) is 0 Å². The molecule has 0 saturated carbocycles. The van der Waals surface area contributed by atoms with Crippen molar-refractivity contribution in [3.8, 4) is 11.3 Å². The zero-order valence-corrected chi connectivity index (χ0v) is 17.0. The number of halogens is 1. The summed E-state index contributed by atoms with van der Waals surface area (Å²) in [6.45, 7) is 8.82. The van der Waals surface area contributed by atoms with Gasteiger partial charge in [-0.1, -0.05) is 45.0 Å². The predicted molar refractivity (Wildman–Crippen MR) is 109 cm³/mol. The highest BCUT2D eigenvalue weighted by molar-refractivity contribution is 7.14. The normalized spacial score (nSPS) is 17.4. The Hall–Kier alpha value is -1.47. The molecule has 1 aliphatic rings. The van der Waals surface area contributed by atoms with Gasteiger partial charge >= 0.3 is 0 Å².